The Hall–Kier alpha value is -2.21. The van der Waals surface area contributed by atoms with E-state index in [9.17, 15) is 13.6 Å². The van der Waals surface area contributed by atoms with Gasteiger partial charge in [-0.05, 0) is 24.1 Å². The second kappa shape index (κ2) is 5.77. The maximum atomic E-state index is 14.1. The van der Waals surface area contributed by atoms with E-state index >= 15 is 0 Å². The van der Waals surface area contributed by atoms with Crippen LogP contribution in [0.2, 0.25) is 0 Å². The SMILES string of the molecule is CC(C)c1ccoc1C(=O)NC1(c2c(F)cccc2F)COC1. The molecule has 2 heterocycles. The predicted octanol–water partition coefficient (Wildman–Crippen LogP) is 3.34. The van der Waals surface area contributed by atoms with Crippen molar-refractivity contribution in [1.82, 2.24) is 5.32 Å². The molecule has 0 aliphatic carbocycles. The molecule has 1 aromatic carbocycles. The summed E-state index contributed by atoms with van der Waals surface area (Å²) >= 11 is 0. The molecular formula is C17H17F2NO3. The van der Waals surface area contributed by atoms with Gasteiger partial charge in [0.25, 0.3) is 5.91 Å². The van der Waals surface area contributed by atoms with E-state index in [4.69, 9.17) is 9.15 Å². The van der Waals surface area contributed by atoms with Crippen LogP contribution in [0.15, 0.2) is 34.9 Å². The number of rotatable bonds is 4. The maximum Gasteiger partial charge on any atom is 0.288 e. The van der Waals surface area contributed by atoms with Gasteiger partial charge in [-0.2, -0.15) is 0 Å². The predicted molar refractivity (Wildman–Crippen MR) is 79.1 cm³/mol. The molecule has 1 aliphatic heterocycles. The maximum absolute atomic E-state index is 14.1. The van der Waals surface area contributed by atoms with Crippen LogP contribution < -0.4 is 5.32 Å². The van der Waals surface area contributed by atoms with Gasteiger partial charge in [-0.1, -0.05) is 19.9 Å². The molecule has 3 rings (SSSR count). The smallest absolute Gasteiger partial charge is 0.288 e. The lowest BCUT2D eigenvalue weighted by Crippen LogP contribution is -2.60. The molecule has 23 heavy (non-hydrogen) atoms. The summed E-state index contributed by atoms with van der Waals surface area (Å²) in [6.07, 6.45) is 1.43. The van der Waals surface area contributed by atoms with Crippen LogP contribution >= 0.6 is 0 Å². The first-order valence-electron chi connectivity index (χ1n) is 7.37. The molecule has 0 unspecified atom stereocenters. The number of benzene rings is 1. The van der Waals surface area contributed by atoms with Gasteiger partial charge < -0.3 is 14.5 Å². The molecular weight excluding hydrogens is 304 g/mol. The highest BCUT2D eigenvalue weighted by Gasteiger charge is 2.46. The summed E-state index contributed by atoms with van der Waals surface area (Å²) in [5.74, 6) is -1.68. The Balaban J connectivity index is 1.93. The minimum Gasteiger partial charge on any atom is -0.459 e. The van der Waals surface area contributed by atoms with Crippen LogP contribution in [0, 0.1) is 11.6 Å². The van der Waals surface area contributed by atoms with E-state index in [-0.39, 0.29) is 30.5 Å². The minimum atomic E-state index is -1.21. The van der Waals surface area contributed by atoms with Crippen molar-refractivity contribution in [3.8, 4) is 0 Å². The third-order valence-electron chi connectivity index (χ3n) is 4.01. The van der Waals surface area contributed by atoms with Crippen LogP contribution in [0.4, 0.5) is 8.78 Å². The molecule has 6 heteroatoms. The third-order valence-corrected chi connectivity index (χ3v) is 4.01. The zero-order valence-corrected chi connectivity index (χ0v) is 12.9. The number of nitrogens with one attached hydrogen (secondary N) is 1. The fraction of sp³-hybridized carbons (Fsp3) is 0.353. The summed E-state index contributed by atoms with van der Waals surface area (Å²) in [5, 5.41) is 2.69. The Morgan fingerprint density at radius 2 is 1.87 bits per heavy atom. The average molecular weight is 321 g/mol. The number of furan rings is 1. The third kappa shape index (κ3) is 2.63. The van der Waals surface area contributed by atoms with Crippen LogP contribution in [-0.2, 0) is 10.3 Å². The van der Waals surface area contributed by atoms with E-state index in [1.807, 2.05) is 13.8 Å². The number of carbonyl (C=O) groups is 1. The molecule has 1 fully saturated rings. The quantitative estimate of drug-likeness (QED) is 0.940. The van der Waals surface area contributed by atoms with Crippen molar-refractivity contribution < 1.29 is 22.7 Å². The minimum absolute atomic E-state index is 0.00825. The second-order valence-corrected chi connectivity index (χ2v) is 5.99. The molecule has 0 atom stereocenters. The molecule has 1 N–H and O–H groups in total. The van der Waals surface area contributed by atoms with Gasteiger partial charge in [-0.25, -0.2) is 8.78 Å². The lowest BCUT2D eigenvalue weighted by atomic mass is 9.86. The highest BCUT2D eigenvalue weighted by atomic mass is 19.1. The van der Waals surface area contributed by atoms with E-state index in [0.29, 0.717) is 0 Å². The first-order valence-corrected chi connectivity index (χ1v) is 7.37. The Morgan fingerprint density at radius 3 is 2.39 bits per heavy atom. The van der Waals surface area contributed by atoms with Gasteiger partial charge in [0.1, 0.15) is 17.2 Å². The Kier molecular flexibility index (Phi) is 3.93. The summed E-state index contributed by atoms with van der Waals surface area (Å²) in [6.45, 7) is 3.88. The van der Waals surface area contributed by atoms with Crippen LogP contribution in [-0.4, -0.2) is 19.1 Å². The molecule has 1 saturated heterocycles. The fourth-order valence-electron chi connectivity index (χ4n) is 2.77. The molecule has 2 aromatic rings. The molecule has 1 amide bonds. The van der Waals surface area contributed by atoms with Crippen LogP contribution in [0.3, 0.4) is 0 Å². The summed E-state index contributed by atoms with van der Waals surface area (Å²) in [7, 11) is 0. The Labute approximate surface area is 132 Å². The number of hydrogen-bond acceptors (Lipinski definition) is 3. The molecule has 4 nitrogen and oxygen atoms in total. The van der Waals surface area contributed by atoms with Gasteiger partial charge in [0.15, 0.2) is 5.76 Å². The Bertz CT molecular complexity index is 715. The zero-order chi connectivity index (χ0) is 16.6. The molecule has 1 aromatic heterocycles. The summed E-state index contributed by atoms with van der Waals surface area (Å²) in [5.41, 5.74) is -0.655. The molecule has 0 spiro atoms. The van der Waals surface area contributed by atoms with Gasteiger partial charge in [-0.15, -0.1) is 0 Å². The normalized spacial score (nSPS) is 16.2. The number of carbonyl (C=O) groups excluding carboxylic acids is 1. The first-order chi connectivity index (χ1) is 10.9. The highest BCUT2D eigenvalue weighted by molar-refractivity contribution is 5.93. The van der Waals surface area contributed by atoms with Gasteiger partial charge in [0, 0.05) is 5.56 Å². The number of halogens is 2. The van der Waals surface area contributed by atoms with E-state index < -0.39 is 23.1 Å². The molecule has 1 aliphatic rings. The first kappa shape index (κ1) is 15.7. The van der Waals surface area contributed by atoms with Crippen molar-refractivity contribution in [1.29, 1.82) is 0 Å². The summed E-state index contributed by atoms with van der Waals surface area (Å²) in [6, 6.07) is 5.33. The van der Waals surface area contributed by atoms with Crippen LogP contribution in [0.5, 0.6) is 0 Å². The summed E-state index contributed by atoms with van der Waals surface area (Å²) in [4.78, 5) is 12.5. The van der Waals surface area contributed by atoms with Crippen molar-refractivity contribution in [3.05, 3.63) is 59.1 Å². The number of ether oxygens (including phenoxy) is 1. The lowest BCUT2D eigenvalue weighted by Gasteiger charge is -2.42. The fourth-order valence-corrected chi connectivity index (χ4v) is 2.77. The molecule has 0 radical (unpaired) electrons. The topological polar surface area (TPSA) is 51.5 Å². The van der Waals surface area contributed by atoms with Crippen molar-refractivity contribution in [2.45, 2.75) is 25.3 Å². The van der Waals surface area contributed by atoms with Gasteiger partial charge in [-0.3, -0.25) is 4.79 Å². The van der Waals surface area contributed by atoms with E-state index in [1.54, 1.807) is 6.07 Å². The monoisotopic (exact) mass is 321 g/mol. The molecule has 0 bridgehead atoms. The van der Waals surface area contributed by atoms with Gasteiger partial charge >= 0.3 is 0 Å². The number of amides is 1. The van der Waals surface area contributed by atoms with Crippen LogP contribution in [0.25, 0.3) is 0 Å². The molecule has 0 saturated carbocycles. The zero-order valence-electron chi connectivity index (χ0n) is 12.9. The molecule has 122 valence electrons. The summed E-state index contributed by atoms with van der Waals surface area (Å²) < 4.78 is 38.6. The number of hydrogen-bond donors (Lipinski definition) is 1. The van der Waals surface area contributed by atoms with E-state index in [1.165, 1.54) is 12.3 Å². The lowest BCUT2D eigenvalue weighted by molar-refractivity contribution is -0.0768. The van der Waals surface area contributed by atoms with Gasteiger partial charge in [0.05, 0.1) is 25.0 Å². The standard InChI is InChI=1S/C17H17F2NO3/c1-10(2)11-6-7-23-15(11)16(21)20-17(8-22-9-17)14-12(18)4-3-5-13(14)19/h3-7,10H,8-9H2,1-2H3,(H,20,21). The van der Waals surface area contributed by atoms with Crippen molar-refractivity contribution in [3.63, 3.8) is 0 Å². The Morgan fingerprint density at radius 1 is 1.22 bits per heavy atom. The largest absolute Gasteiger partial charge is 0.459 e. The highest BCUT2D eigenvalue weighted by Crippen LogP contribution is 2.34. The van der Waals surface area contributed by atoms with E-state index in [0.717, 1.165) is 17.7 Å². The van der Waals surface area contributed by atoms with Crippen LogP contribution in [0.1, 0.15) is 41.4 Å². The van der Waals surface area contributed by atoms with Gasteiger partial charge in [0.2, 0.25) is 0 Å². The van der Waals surface area contributed by atoms with Crippen molar-refractivity contribution >= 4 is 5.91 Å². The van der Waals surface area contributed by atoms with Crippen molar-refractivity contribution in [2.24, 2.45) is 0 Å². The van der Waals surface area contributed by atoms with E-state index in [2.05, 4.69) is 5.32 Å². The van der Waals surface area contributed by atoms with Crippen molar-refractivity contribution in [2.75, 3.05) is 13.2 Å². The average Bonchev–Trinajstić information content (AvgIpc) is 2.93. The second-order valence-electron chi connectivity index (χ2n) is 5.99.